The molecular formula is C13H16FN3. The number of imidazole rings is 1. The standard InChI is InChI=1S/C13H16FN3/c1-17-9-8-16-13(17)11(6-7-15)10-4-2-3-5-12(10)14/h2-5,8-9,11H,6-7,15H2,1H3. The molecule has 3 nitrogen and oxygen atoms in total. The molecule has 0 amide bonds. The molecule has 0 aliphatic carbocycles. The maximum absolute atomic E-state index is 13.8. The number of nitrogens with zero attached hydrogens (tertiary/aromatic N) is 2. The van der Waals surface area contributed by atoms with Crippen molar-refractivity contribution < 1.29 is 4.39 Å². The molecule has 0 radical (unpaired) electrons. The number of aromatic nitrogens is 2. The number of nitrogens with two attached hydrogens (primary N) is 1. The summed E-state index contributed by atoms with van der Waals surface area (Å²) in [4.78, 5) is 4.29. The van der Waals surface area contributed by atoms with Gasteiger partial charge in [0.25, 0.3) is 0 Å². The summed E-state index contributed by atoms with van der Waals surface area (Å²) in [6.07, 6.45) is 4.27. The van der Waals surface area contributed by atoms with Gasteiger partial charge in [-0.1, -0.05) is 18.2 Å². The number of halogens is 1. The third kappa shape index (κ3) is 2.36. The van der Waals surface area contributed by atoms with Crippen LogP contribution in [0, 0.1) is 5.82 Å². The third-order valence-corrected chi connectivity index (χ3v) is 2.91. The molecule has 2 rings (SSSR count). The van der Waals surface area contributed by atoms with Crippen LogP contribution in [0.2, 0.25) is 0 Å². The summed E-state index contributed by atoms with van der Waals surface area (Å²) < 4.78 is 15.7. The van der Waals surface area contributed by atoms with Crippen molar-refractivity contribution in [2.75, 3.05) is 6.54 Å². The number of hydrogen-bond acceptors (Lipinski definition) is 2. The maximum atomic E-state index is 13.8. The van der Waals surface area contributed by atoms with E-state index in [-0.39, 0.29) is 11.7 Å². The maximum Gasteiger partial charge on any atom is 0.127 e. The lowest BCUT2D eigenvalue weighted by molar-refractivity contribution is 0.569. The lowest BCUT2D eigenvalue weighted by atomic mass is 9.94. The van der Waals surface area contributed by atoms with Crippen molar-refractivity contribution in [3.63, 3.8) is 0 Å². The zero-order valence-electron chi connectivity index (χ0n) is 9.81. The van der Waals surface area contributed by atoms with Gasteiger partial charge in [-0.2, -0.15) is 0 Å². The highest BCUT2D eigenvalue weighted by atomic mass is 19.1. The summed E-state index contributed by atoms with van der Waals surface area (Å²) in [5, 5.41) is 0. The van der Waals surface area contributed by atoms with Crippen molar-refractivity contribution in [2.45, 2.75) is 12.3 Å². The summed E-state index contributed by atoms with van der Waals surface area (Å²) in [7, 11) is 1.91. The quantitative estimate of drug-likeness (QED) is 0.878. The molecule has 1 unspecified atom stereocenters. The molecule has 0 spiro atoms. The van der Waals surface area contributed by atoms with Crippen LogP contribution >= 0.6 is 0 Å². The molecule has 0 fully saturated rings. The van der Waals surface area contributed by atoms with Crippen molar-refractivity contribution in [2.24, 2.45) is 12.8 Å². The third-order valence-electron chi connectivity index (χ3n) is 2.91. The fourth-order valence-corrected chi connectivity index (χ4v) is 2.06. The Hall–Kier alpha value is -1.68. The van der Waals surface area contributed by atoms with Crippen LogP contribution in [-0.2, 0) is 7.05 Å². The van der Waals surface area contributed by atoms with Crippen molar-refractivity contribution in [3.8, 4) is 0 Å². The Kier molecular flexibility index (Phi) is 3.54. The fraction of sp³-hybridized carbons (Fsp3) is 0.308. The van der Waals surface area contributed by atoms with Gasteiger partial charge in [-0.15, -0.1) is 0 Å². The topological polar surface area (TPSA) is 43.8 Å². The van der Waals surface area contributed by atoms with E-state index in [1.54, 1.807) is 18.3 Å². The Balaban J connectivity index is 2.43. The highest BCUT2D eigenvalue weighted by Crippen LogP contribution is 2.27. The summed E-state index contributed by atoms with van der Waals surface area (Å²) in [5.74, 6) is 0.565. The largest absolute Gasteiger partial charge is 0.337 e. The zero-order valence-corrected chi connectivity index (χ0v) is 9.81. The monoisotopic (exact) mass is 233 g/mol. The number of benzene rings is 1. The smallest absolute Gasteiger partial charge is 0.127 e. The molecule has 0 saturated carbocycles. The molecule has 1 heterocycles. The van der Waals surface area contributed by atoms with E-state index in [1.807, 2.05) is 23.9 Å². The predicted octanol–water partition coefficient (Wildman–Crippen LogP) is 2.04. The Morgan fingerprint density at radius 2 is 2.18 bits per heavy atom. The Morgan fingerprint density at radius 3 is 2.76 bits per heavy atom. The van der Waals surface area contributed by atoms with E-state index in [0.29, 0.717) is 18.5 Å². The minimum atomic E-state index is -0.200. The molecule has 1 aromatic carbocycles. The van der Waals surface area contributed by atoms with Crippen LogP contribution in [0.1, 0.15) is 23.7 Å². The summed E-state index contributed by atoms with van der Waals surface area (Å²) in [6, 6.07) is 6.80. The summed E-state index contributed by atoms with van der Waals surface area (Å²) >= 11 is 0. The molecular weight excluding hydrogens is 217 g/mol. The van der Waals surface area contributed by atoms with Crippen LogP contribution in [0.5, 0.6) is 0 Å². The van der Waals surface area contributed by atoms with E-state index >= 15 is 0 Å². The van der Waals surface area contributed by atoms with Gasteiger partial charge in [0.05, 0.1) is 0 Å². The van der Waals surface area contributed by atoms with Crippen molar-refractivity contribution in [1.29, 1.82) is 0 Å². The van der Waals surface area contributed by atoms with E-state index in [2.05, 4.69) is 4.98 Å². The van der Waals surface area contributed by atoms with Gasteiger partial charge in [-0.3, -0.25) is 0 Å². The number of rotatable bonds is 4. The SMILES string of the molecule is Cn1ccnc1C(CCN)c1ccccc1F. The van der Waals surface area contributed by atoms with Crippen molar-refractivity contribution in [1.82, 2.24) is 9.55 Å². The van der Waals surface area contributed by atoms with Crippen LogP contribution < -0.4 is 5.73 Å². The normalized spacial score (nSPS) is 12.6. The number of hydrogen-bond donors (Lipinski definition) is 1. The molecule has 4 heteroatoms. The lowest BCUT2D eigenvalue weighted by Crippen LogP contribution is -2.14. The van der Waals surface area contributed by atoms with Gasteiger partial charge in [0.15, 0.2) is 0 Å². The zero-order chi connectivity index (χ0) is 12.3. The Labute approximate surface area is 100 Å². The fourth-order valence-electron chi connectivity index (χ4n) is 2.06. The molecule has 0 bridgehead atoms. The highest BCUT2D eigenvalue weighted by Gasteiger charge is 2.20. The van der Waals surface area contributed by atoms with Gasteiger partial charge in [0.1, 0.15) is 11.6 Å². The second-order valence-corrected chi connectivity index (χ2v) is 4.05. The van der Waals surface area contributed by atoms with E-state index in [0.717, 1.165) is 5.82 Å². The minimum absolute atomic E-state index is 0.0822. The van der Waals surface area contributed by atoms with Gasteiger partial charge in [-0.25, -0.2) is 9.37 Å². The molecule has 0 aliphatic heterocycles. The van der Waals surface area contributed by atoms with Crippen LogP contribution in [0.25, 0.3) is 0 Å². The van der Waals surface area contributed by atoms with Crippen LogP contribution in [0.15, 0.2) is 36.7 Å². The predicted molar refractivity (Wildman–Crippen MR) is 65.1 cm³/mol. The summed E-state index contributed by atoms with van der Waals surface area (Å²) in [5.41, 5.74) is 6.27. The van der Waals surface area contributed by atoms with Crippen molar-refractivity contribution >= 4 is 0 Å². The molecule has 1 atom stereocenters. The minimum Gasteiger partial charge on any atom is -0.337 e. The van der Waals surface area contributed by atoms with Gasteiger partial charge in [0.2, 0.25) is 0 Å². The lowest BCUT2D eigenvalue weighted by Gasteiger charge is -2.17. The Bertz CT molecular complexity index is 493. The van der Waals surface area contributed by atoms with Gasteiger partial charge in [0, 0.05) is 25.4 Å². The van der Waals surface area contributed by atoms with Gasteiger partial charge < -0.3 is 10.3 Å². The van der Waals surface area contributed by atoms with E-state index in [1.165, 1.54) is 6.07 Å². The number of aryl methyl sites for hydroxylation is 1. The van der Waals surface area contributed by atoms with Gasteiger partial charge in [-0.05, 0) is 24.6 Å². The second-order valence-electron chi connectivity index (χ2n) is 4.05. The van der Waals surface area contributed by atoms with E-state index < -0.39 is 0 Å². The molecule has 2 aromatic rings. The highest BCUT2D eigenvalue weighted by molar-refractivity contribution is 5.27. The average molecular weight is 233 g/mol. The molecule has 0 saturated heterocycles. The van der Waals surface area contributed by atoms with Crippen molar-refractivity contribution in [3.05, 3.63) is 53.9 Å². The first kappa shape index (κ1) is 11.8. The van der Waals surface area contributed by atoms with E-state index in [4.69, 9.17) is 5.73 Å². The first-order valence-corrected chi connectivity index (χ1v) is 5.65. The van der Waals surface area contributed by atoms with Crippen LogP contribution in [-0.4, -0.2) is 16.1 Å². The van der Waals surface area contributed by atoms with Crippen LogP contribution in [0.3, 0.4) is 0 Å². The van der Waals surface area contributed by atoms with E-state index in [9.17, 15) is 4.39 Å². The molecule has 0 aliphatic rings. The first-order chi connectivity index (χ1) is 8.24. The van der Waals surface area contributed by atoms with Crippen LogP contribution in [0.4, 0.5) is 4.39 Å². The molecule has 90 valence electrons. The Morgan fingerprint density at radius 1 is 1.41 bits per heavy atom. The average Bonchev–Trinajstić information content (AvgIpc) is 2.74. The van der Waals surface area contributed by atoms with Gasteiger partial charge >= 0.3 is 0 Å². The summed E-state index contributed by atoms with van der Waals surface area (Å²) in [6.45, 7) is 0.506. The molecule has 17 heavy (non-hydrogen) atoms. The second kappa shape index (κ2) is 5.10. The first-order valence-electron chi connectivity index (χ1n) is 5.65. The molecule has 1 aromatic heterocycles. The molecule has 2 N–H and O–H groups in total.